The van der Waals surface area contributed by atoms with Crippen molar-refractivity contribution in [1.82, 2.24) is 10.1 Å². The van der Waals surface area contributed by atoms with Gasteiger partial charge in [-0.2, -0.15) is 0 Å². The number of hydrogen-bond acceptors (Lipinski definition) is 4. The minimum Gasteiger partial charge on any atom is -0.360 e. The molecule has 0 atom stereocenters. The molecule has 1 fully saturated rings. The van der Waals surface area contributed by atoms with Gasteiger partial charge in [-0.05, 0) is 38.8 Å². The molecule has 23 heavy (non-hydrogen) atoms. The van der Waals surface area contributed by atoms with Gasteiger partial charge < -0.3 is 14.7 Å². The van der Waals surface area contributed by atoms with Crippen LogP contribution in [0.2, 0.25) is 0 Å². The van der Waals surface area contributed by atoms with Crippen LogP contribution in [0.25, 0.3) is 0 Å². The summed E-state index contributed by atoms with van der Waals surface area (Å²) in [6.07, 6.45) is 1.88. The zero-order valence-electron chi connectivity index (χ0n) is 13.2. The van der Waals surface area contributed by atoms with Gasteiger partial charge in [0.25, 0.3) is 5.91 Å². The van der Waals surface area contributed by atoms with Crippen LogP contribution in [-0.2, 0) is 4.79 Å². The second-order valence-corrected chi connectivity index (χ2v) is 5.90. The van der Waals surface area contributed by atoms with Gasteiger partial charge in [-0.15, -0.1) is 0 Å². The summed E-state index contributed by atoms with van der Waals surface area (Å²) in [5.41, 5.74) is 1.70. The number of aromatic nitrogens is 1. The molecule has 1 N–H and O–H groups in total. The first-order chi connectivity index (χ1) is 11.0. The highest BCUT2D eigenvalue weighted by Crippen LogP contribution is 2.28. The molecule has 1 heterocycles. The summed E-state index contributed by atoms with van der Waals surface area (Å²) in [6.45, 7) is 3.74. The third-order valence-electron chi connectivity index (χ3n) is 3.76. The van der Waals surface area contributed by atoms with Crippen LogP contribution in [0.3, 0.4) is 0 Å². The van der Waals surface area contributed by atoms with E-state index in [0.29, 0.717) is 17.1 Å². The Bertz CT molecular complexity index is 717. The molecule has 1 aliphatic rings. The number of benzene rings is 1. The van der Waals surface area contributed by atoms with Crippen LogP contribution < -0.4 is 5.32 Å². The molecule has 6 nitrogen and oxygen atoms in total. The summed E-state index contributed by atoms with van der Waals surface area (Å²) >= 11 is 0. The van der Waals surface area contributed by atoms with Gasteiger partial charge in [0, 0.05) is 17.7 Å². The van der Waals surface area contributed by atoms with Gasteiger partial charge >= 0.3 is 0 Å². The number of nitrogens with zero attached hydrogens (tertiary/aromatic N) is 2. The van der Waals surface area contributed by atoms with Crippen LogP contribution in [0, 0.1) is 13.8 Å². The third-order valence-corrected chi connectivity index (χ3v) is 3.76. The van der Waals surface area contributed by atoms with Gasteiger partial charge in [-0.1, -0.05) is 22.9 Å². The van der Waals surface area contributed by atoms with Crippen LogP contribution in [0.5, 0.6) is 0 Å². The van der Waals surface area contributed by atoms with E-state index in [-0.39, 0.29) is 24.4 Å². The zero-order valence-corrected chi connectivity index (χ0v) is 13.2. The molecule has 6 heteroatoms. The largest absolute Gasteiger partial charge is 0.360 e. The Labute approximate surface area is 134 Å². The van der Waals surface area contributed by atoms with Gasteiger partial charge in [-0.3, -0.25) is 9.59 Å². The van der Waals surface area contributed by atoms with Gasteiger partial charge in [0.1, 0.15) is 12.3 Å². The van der Waals surface area contributed by atoms with E-state index in [4.69, 9.17) is 4.52 Å². The average molecular weight is 313 g/mol. The lowest BCUT2D eigenvalue weighted by molar-refractivity contribution is -0.117. The Morgan fingerprint density at radius 3 is 2.52 bits per heavy atom. The minimum absolute atomic E-state index is 0.0171. The first kappa shape index (κ1) is 15.3. The molecule has 1 saturated carbocycles. The quantitative estimate of drug-likeness (QED) is 0.920. The van der Waals surface area contributed by atoms with Crippen molar-refractivity contribution in [3.05, 3.63) is 47.2 Å². The van der Waals surface area contributed by atoms with Crippen molar-refractivity contribution in [2.75, 3.05) is 11.9 Å². The maximum Gasteiger partial charge on any atom is 0.254 e. The predicted octanol–water partition coefficient (Wildman–Crippen LogP) is 2.53. The fourth-order valence-electron chi connectivity index (χ4n) is 2.38. The molecule has 2 aromatic rings. The molecule has 3 rings (SSSR count). The number of rotatable bonds is 5. The van der Waals surface area contributed by atoms with Gasteiger partial charge in [0.05, 0.1) is 0 Å². The lowest BCUT2D eigenvalue weighted by Gasteiger charge is -2.21. The number of hydrogen-bond donors (Lipinski definition) is 1. The van der Waals surface area contributed by atoms with E-state index in [1.54, 1.807) is 30.0 Å². The normalized spacial score (nSPS) is 13.7. The van der Waals surface area contributed by atoms with Gasteiger partial charge in [-0.25, -0.2) is 0 Å². The third kappa shape index (κ3) is 3.77. The topological polar surface area (TPSA) is 75.4 Å². The van der Waals surface area contributed by atoms with Crippen LogP contribution in [0.1, 0.15) is 34.5 Å². The summed E-state index contributed by atoms with van der Waals surface area (Å²) < 4.78 is 4.91. The van der Waals surface area contributed by atoms with E-state index < -0.39 is 0 Å². The van der Waals surface area contributed by atoms with Crippen molar-refractivity contribution in [2.45, 2.75) is 32.7 Å². The first-order valence-electron chi connectivity index (χ1n) is 7.64. The van der Waals surface area contributed by atoms with Crippen molar-refractivity contribution < 1.29 is 14.1 Å². The summed E-state index contributed by atoms with van der Waals surface area (Å²) in [7, 11) is 0. The van der Waals surface area contributed by atoms with E-state index in [1.807, 2.05) is 19.1 Å². The highest BCUT2D eigenvalue weighted by molar-refractivity contribution is 5.99. The maximum atomic E-state index is 12.6. The van der Waals surface area contributed by atoms with Crippen LogP contribution in [0.4, 0.5) is 5.82 Å². The predicted molar refractivity (Wildman–Crippen MR) is 85.1 cm³/mol. The Kier molecular flexibility index (Phi) is 4.14. The van der Waals surface area contributed by atoms with Crippen molar-refractivity contribution in [3.8, 4) is 0 Å². The molecule has 0 bridgehead atoms. The van der Waals surface area contributed by atoms with Crippen molar-refractivity contribution >= 4 is 17.6 Å². The first-order valence-corrected chi connectivity index (χ1v) is 7.64. The lowest BCUT2D eigenvalue weighted by Crippen LogP contribution is -2.39. The SMILES string of the molecule is Cc1ccc(C(=O)N(CC(=O)Nc2cc(C)on2)C2CC2)cc1. The van der Waals surface area contributed by atoms with Crippen LogP contribution in [0.15, 0.2) is 34.9 Å². The van der Waals surface area contributed by atoms with E-state index in [1.165, 1.54) is 0 Å². The van der Waals surface area contributed by atoms with Crippen LogP contribution >= 0.6 is 0 Å². The Hall–Kier alpha value is -2.63. The highest BCUT2D eigenvalue weighted by atomic mass is 16.5. The molecule has 0 radical (unpaired) electrons. The number of carbonyl (C=O) groups is 2. The fourth-order valence-corrected chi connectivity index (χ4v) is 2.38. The van der Waals surface area contributed by atoms with E-state index in [9.17, 15) is 9.59 Å². The highest BCUT2D eigenvalue weighted by Gasteiger charge is 2.34. The van der Waals surface area contributed by atoms with Gasteiger partial charge in [0.2, 0.25) is 5.91 Å². The molecular formula is C17H19N3O3. The van der Waals surface area contributed by atoms with Crippen LogP contribution in [-0.4, -0.2) is 34.5 Å². The molecule has 1 aliphatic carbocycles. The second-order valence-electron chi connectivity index (χ2n) is 5.90. The zero-order chi connectivity index (χ0) is 16.4. The Morgan fingerprint density at radius 1 is 1.26 bits per heavy atom. The summed E-state index contributed by atoms with van der Waals surface area (Å²) in [6, 6.07) is 9.18. The molecule has 2 amide bonds. The lowest BCUT2D eigenvalue weighted by atomic mass is 10.1. The molecule has 0 spiro atoms. The molecule has 0 saturated heterocycles. The van der Waals surface area contributed by atoms with E-state index in [2.05, 4.69) is 10.5 Å². The molecule has 0 unspecified atom stereocenters. The van der Waals surface area contributed by atoms with E-state index in [0.717, 1.165) is 18.4 Å². The smallest absolute Gasteiger partial charge is 0.254 e. The molecule has 0 aliphatic heterocycles. The van der Waals surface area contributed by atoms with Crippen molar-refractivity contribution in [3.63, 3.8) is 0 Å². The fraction of sp³-hybridized carbons (Fsp3) is 0.353. The van der Waals surface area contributed by atoms with Crippen molar-refractivity contribution in [1.29, 1.82) is 0 Å². The second kappa shape index (κ2) is 6.24. The summed E-state index contributed by atoms with van der Waals surface area (Å²) in [5, 5.41) is 6.38. The van der Waals surface area contributed by atoms with Crippen molar-refractivity contribution in [2.24, 2.45) is 0 Å². The summed E-state index contributed by atoms with van der Waals surface area (Å²) in [5.74, 6) is 0.603. The molecular weight excluding hydrogens is 294 g/mol. The maximum absolute atomic E-state index is 12.6. The monoisotopic (exact) mass is 313 g/mol. The summed E-state index contributed by atoms with van der Waals surface area (Å²) in [4.78, 5) is 26.4. The van der Waals surface area contributed by atoms with Gasteiger partial charge in [0.15, 0.2) is 5.82 Å². The Balaban J connectivity index is 1.68. The molecule has 1 aromatic carbocycles. The van der Waals surface area contributed by atoms with E-state index >= 15 is 0 Å². The number of anilines is 1. The minimum atomic E-state index is -0.273. The Morgan fingerprint density at radius 2 is 1.96 bits per heavy atom. The molecule has 1 aromatic heterocycles. The number of carbonyl (C=O) groups excluding carboxylic acids is 2. The number of nitrogens with one attached hydrogen (secondary N) is 1. The number of amides is 2. The molecule has 120 valence electrons. The number of aryl methyl sites for hydroxylation is 2. The average Bonchev–Trinajstić information content (AvgIpc) is 3.28. The standard InChI is InChI=1S/C17H19N3O3/c1-11-3-5-13(6-4-11)17(22)20(14-7-8-14)10-16(21)18-15-9-12(2)23-19-15/h3-6,9,14H,7-8,10H2,1-2H3,(H,18,19,21).